The molecule has 0 atom stereocenters. The number of hydrogen-bond acceptors (Lipinski definition) is 1. The van der Waals surface area contributed by atoms with Crippen LogP contribution in [0, 0.1) is 13.0 Å². The predicted molar refractivity (Wildman–Crippen MR) is 53.0 cm³/mol. The van der Waals surface area contributed by atoms with Gasteiger partial charge in [-0.3, -0.25) is 0 Å². The smallest absolute Gasteiger partial charge is 0.122 e. The molecule has 0 aliphatic heterocycles. The predicted octanol–water partition coefficient (Wildman–Crippen LogP) is 2.66. The number of aryl methyl sites for hydroxylation is 2. The van der Waals surface area contributed by atoms with E-state index in [0.29, 0.717) is 0 Å². The third kappa shape index (κ3) is 1.46. The maximum atomic E-state index is 5.26. The molecule has 1 aliphatic carbocycles. The normalized spacial score (nSPS) is 14.0. The van der Waals surface area contributed by atoms with Gasteiger partial charge in [-0.1, -0.05) is 12.1 Å². The molecule has 0 amide bonds. The topological polar surface area (TPSA) is 9.23 Å². The van der Waals surface area contributed by atoms with Gasteiger partial charge in [0.1, 0.15) is 5.75 Å². The second kappa shape index (κ2) is 3.25. The minimum absolute atomic E-state index is 0.960. The highest BCUT2D eigenvalue weighted by Gasteiger charge is 2.08. The SMILES string of the molecule is COc1cc2c(cc1C)CCC=[C]2. The van der Waals surface area contributed by atoms with Gasteiger partial charge >= 0.3 is 0 Å². The van der Waals surface area contributed by atoms with Gasteiger partial charge in [0.15, 0.2) is 0 Å². The highest BCUT2D eigenvalue weighted by atomic mass is 16.5. The molecule has 0 saturated carbocycles. The Hall–Kier alpha value is -1.24. The first-order valence-electron chi connectivity index (χ1n) is 4.57. The largest absolute Gasteiger partial charge is 0.496 e. The standard InChI is InChI=1S/C12H13O/c1-9-7-10-5-3-4-6-11(10)8-12(9)13-2/h4,7-8H,3,5H2,1-2H3. The van der Waals surface area contributed by atoms with Crippen LogP contribution in [-0.4, -0.2) is 7.11 Å². The van der Waals surface area contributed by atoms with Gasteiger partial charge in [-0.05, 0) is 48.6 Å². The molecule has 0 aromatic heterocycles. The van der Waals surface area contributed by atoms with Gasteiger partial charge in [0.25, 0.3) is 0 Å². The lowest BCUT2D eigenvalue weighted by molar-refractivity contribution is 0.411. The second-order valence-corrected chi connectivity index (χ2v) is 3.37. The molecular formula is C12H13O. The van der Waals surface area contributed by atoms with Gasteiger partial charge < -0.3 is 4.74 Å². The van der Waals surface area contributed by atoms with Crippen molar-refractivity contribution in [1.82, 2.24) is 0 Å². The number of ether oxygens (including phenoxy) is 1. The first-order valence-corrected chi connectivity index (χ1v) is 4.57. The van der Waals surface area contributed by atoms with Crippen molar-refractivity contribution in [3.8, 4) is 5.75 Å². The molecule has 1 aromatic carbocycles. The fourth-order valence-electron chi connectivity index (χ4n) is 1.72. The van der Waals surface area contributed by atoms with Gasteiger partial charge in [0.05, 0.1) is 7.11 Å². The van der Waals surface area contributed by atoms with E-state index in [9.17, 15) is 0 Å². The van der Waals surface area contributed by atoms with Gasteiger partial charge in [-0.15, -0.1) is 0 Å². The van der Waals surface area contributed by atoms with Crippen molar-refractivity contribution < 1.29 is 4.74 Å². The zero-order chi connectivity index (χ0) is 9.26. The summed E-state index contributed by atoms with van der Waals surface area (Å²) < 4.78 is 5.26. The van der Waals surface area contributed by atoms with E-state index >= 15 is 0 Å². The van der Waals surface area contributed by atoms with Crippen LogP contribution in [0.4, 0.5) is 0 Å². The fraction of sp³-hybridized carbons (Fsp3) is 0.333. The van der Waals surface area contributed by atoms with Crippen molar-refractivity contribution >= 4 is 0 Å². The molecule has 0 unspecified atom stereocenters. The lowest BCUT2D eigenvalue weighted by atomic mass is 9.95. The van der Waals surface area contributed by atoms with Crippen LogP contribution in [0.25, 0.3) is 0 Å². The Balaban J connectivity index is 2.52. The van der Waals surface area contributed by atoms with E-state index < -0.39 is 0 Å². The summed E-state index contributed by atoms with van der Waals surface area (Å²) >= 11 is 0. The molecule has 1 aliphatic rings. The summed E-state index contributed by atoms with van der Waals surface area (Å²) in [6, 6.07) is 4.27. The lowest BCUT2D eigenvalue weighted by Gasteiger charge is -2.13. The number of hydrogen-bond donors (Lipinski definition) is 0. The summed E-state index contributed by atoms with van der Waals surface area (Å²) in [6.45, 7) is 2.08. The third-order valence-corrected chi connectivity index (χ3v) is 2.44. The van der Waals surface area contributed by atoms with Crippen LogP contribution in [-0.2, 0) is 6.42 Å². The van der Waals surface area contributed by atoms with Crippen LogP contribution in [0.2, 0.25) is 0 Å². The summed E-state index contributed by atoms with van der Waals surface area (Å²) in [5.41, 5.74) is 3.79. The summed E-state index contributed by atoms with van der Waals surface area (Å²) in [5, 5.41) is 0. The third-order valence-electron chi connectivity index (χ3n) is 2.44. The van der Waals surface area contributed by atoms with E-state index in [0.717, 1.165) is 18.6 Å². The Morgan fingerprint density at radius 2 is 2.23 bits per heavy atom. The summed E-state index contributed by atoms with van der Waals surface area (Å²) in [4.78, 5) is 0. The van der Waals surface area contributed by atoms with Crippen LogP contribution in [0.3, 0.4) is 0 Å². The molecule has 0 saturated heterocycles. The first-order chi connectivity index (χ1) is 6.31. The lowest BCUT2D eigenvalue weighted by Crippen LogP contribution is -1.98. The Labute approximate surface area is 79.0 Å². The zero-order valence-electron chi connectivity index (χ0n) is 8.05. The number of fused-ring (bicyclic) bond motifs is 1. The molecule has 0 fully saturated rings. The molecule has 0 heterocycles. The van der Waals surface area contributed by atoms with Crippen LogP contribution >= 0.6 is 0 Å². The number of allylic oxidation sites excluding steroid dienone is 1. The van der Waals surface area contributed by atoms with E-state index in [1.807, 2.05) is 0 Å². The van der Waals surface area contributed by atoms with E-state index in [1.54, 1.807) is 7.11 Å². The van der Waals surface area contributed by atoms with E-state index in [1.165, 1.54) is 16.7 Å². The Kier molecular flexibility index (Phi) is 2.09. The zero-order valence-corrected chi connectivity index (χ0v) is 8.05. The van der Waals surface area contributed by atoms with Crippen molar-refractivity contribution in [2.24, 2.45) is 0 Å². The van der Waals surface area contributed by atoms with E-state index in [2.05, 4.69) is 31.2 Å². The monoisotopic (exact) mass is 173 g/mol. The molecule has 1 aromatic rings. The number of benzene rings is 1. The molecule has 67 valence electrons. The highest BCUT2D eigenvalue weighted by Crippen LogP contribution is 2.26. The minimum Gasteiger partial charge on any atom is -0.496 e. The fourth-order valence-corrected chi connectivity index (χ4v) is 1.72. The molecule has 1 nitrogen and oxygen atoms in total. The van der Waals surface area contributed by atoms with Crippen molar-refractivity contribution in [2.75, 3.05) is 7.11 Å². The molecule has 0 spiro atoms. The summed E-state index contributed by atoms with van der Waals surface area (Å²) in [6.07, 6.45) is 7.60. The van der Waals surface area contributed by atoms with Crippen molar-refractivity contribution in [3.05, 3.63) is 41.0 Å². The van der Waals surface area contributed by atoms with Crippen LogP contribution < -0.4 is 4.74 Å². The quantitative estimate of drug-likeness (QED) is 0.634. The Bertz CT molecular complexity index is 350. The Morgan fingerprint density at radius 1 is 1.38 bits per heavy atom. The van der Waals surface area contributed by atoms with Crippen LogP contribution in [0.5, 0.6) is 5.75 Å². The molecule has 0 bridgehead atoms. The van der Waals surface area contributed by atoms with Crippen LogP contribution in [0.1, 0.15) is 23.1 Å². The molecule has 0 N–H and O–H groups in total. The average molecular weight is 173 g/mol. The molecule has 13 heavy (non-hydrogen) atoms. The van der Waals surface area contributed by atoms with Gasteiger partial charge in [0.2, 0.25) is 0 Å². The molecule has 2 rings (SSSR count). The van der Waals surface area contributed by atoms with Gasteiger partial charge in [-0.25, -0.2) is 0 Å². The van der Waals surface area contributed by atoms with Gasteiger partial charge in [-0.2, -0.15) is 0 Å². The van der Waals surface area contributed by atoms with Crippen molar-refractivity contribution in [1.29, 1.82) is 0 Å². The number of rotatable bonds is 1. The summed E-state index contributed by atoms with van der Waals surface area (Å²) in [7, 11) is 1.71. The van der Waals surface area contributed by atoms with E-state index in [-0.39, 0.29) is 0 Å². The first kappa shape index (κ1) is 8.36. The van der Waals surface area contributed by atoms with Gasteiger partial charge in [0, 0.05) is 0 Å². The number of methoxy groups -OCH3 is 1. The molecular weight excluding hydrogens is 160 g/mol. The van der Waals surface area contributed by atoms with Crippen molar-refractivity contribution in [2.45, 2.75) is 19.8 Å². The maximum Gasteiger partial charge on any atom is 0.122 e. The summed E-state index contributed by atoms with van der Waals surface area (Å²) in [5.74, 6) is 0.960. The molecule has 1 radical (unpaired) electrons. The molecule has 1 heteroatoms. The minimum atomic E-state index is 0.960. The maximum absolute atomic E-state index is 5.26. The van der Waals surface area contributed by atoms with Crippen LogP contribution in [0.15, 0.2) is 18.2 Å². The van der Waals surface area contributed by atoms with E-state index in [4.69, 9.17) is 4.74 Å². The van der Waals surface area contributed by atoms with Crippen molar-refractivity contribution in [3.63, 3.8) is 0 Å². The average Bonchev–Trinajstić information content (AvgIpc) is 2.17. The Morgan fingerprint density at radius 3 is 3.00 bits per heavy atom. The second-order valence-electron chi connectivity index (χ2n) is 3.37. The highest BCUT2D eigenvalue weighted by molar-refractivity contribution is 5.46.